The molecule has 0 atom stereocenters. The summed E-state index contributed by atoms with van der Waals surface area (Å²) in [6.07, 6.45) is 0. The molecule has 0 unspecified atom stereocenters. The molecule has 0 aromatic heterocycles. The van der Waals surface area contributed by atoms with E-state index in [0.29, 0.717) is 0 Å². The monoisotopic (exact) mass is 198 g/mol. The van der Waals surface area contributed by atoms with Gasteiger partial charge in [-0.15, -0.1) is 22.0 Å². The summed E-state index contributed by atoms with van der Waals surface area (Å²) in [4.78, 5) is 0. The van der Waals surface area contributed by atoms with Gasteiger partial charge in [0.1, 0.15) is 0 Å². The van der Waals surface area contributed by atoms with Crippen LogP contribution in [0.15, 0.2) is 16.6 Å². The van der Waals surface area contributed by atoms with E-state index in [2.05, 4.69) is 22.0 Å². The molecule has 0 nitrogen and oxygen atoms in total. The molecule has 48 valence electrons. The molecule has 0 aliphatic rings. The minimum Gasteiger partial charge on any atom is -0.236 e. The normalized spacial score (nSPS) is 8.70. The van der Waals surface area contributed by atoms with Gasteiger partial charge >= 0.3 is 18.9 Å². The third-order valence-corrected chi connectivity index (χ3v) is 1.43. The average molecular weight is 199 g/mol. The van der Waals surface area contributed by atoms with Gasteiger partial charge in [-0.2, -0.15) is 6.07 Å². The third kappa shape index (κ3) is 2.41. The van der Waals surface area contributed by atoms with Gasteiger partial charge in [0.2, 0.25) is 0 Å². The average Bonchev–Trinajstić information content (AvgIpc) is 1.80. The van der Waals surface area contributed by atoms with Crippen LogP contribution in [0.1, 0.15) is 0 Å². The van der Waals surface area contributed by atoms with Gasteiger partial charge < -0.3 is 0 Å². The van der Waals surface area contributed by atoms with E-state index >= 15 is 0 Å². The summed E-state index contributed by atoms with van der Waals surface area (Å²) in [7, 11) is 0. The van der Waals surface area contributed by atoms with Crippen LogP contribution >= 0.6 is 15.9 Å². The van der Waals surface area contributed by atoms with Crippen molar-refractivity contribution in [3.05, 3.63) is 34.3 Å². The molecule has 4 heteroatoms. The molecular formula is C6H2BrF2Li. The quantitative estimate of drug-likeness (QED) is 0.301. The molecule has 1 aromatic carbocycles. The molecule has 0 saturated heterocycles. The molecule has 0 saturated carbocycles. The molecule has 0 bridgehead atoms. The Morgan fingerprint density at radius 1 is 1.40 bits per heavy atom. The van der Waals surface area contributed by atoms with Crippen LogP contribution in [0.25, 0.3) is 0 Å². The van der Waals surface area contributed by atoms with E-state index in [1.807, 2.05) is 0 Å². The van der Waals surface area contributed by atoms with Crippen LogP contribution in [-0.2, 0) is 0 Å². The summed E-state index contributed by atoms with van der Waals surface area (Å²) in [5, 5.41) is 0. The molecule has 0 aliphatic heterocycles. The second kappa shape index (κ2) is 4.12. The van der Waals surface area contributed by atoms with Crippen LogP contribution in [0.3, 0.4) is 0 Å². The van der Waals surface area contributed by atoms with Crippen molar-refractivity contribution in [2.75, 3.05) is 0 Å². The van der Waals surface area contributed by atoms with Gasteiger partial charge in [-0.3, -0.25) is 0 Å². The van der Waals surface area contributed by atoms with Gasteiger partial charge in [0.15, 0.2) is 0 Å². The largest absolute Gasteiger partial charge is 1.00 e. The smallest absolute Gasteiger partial charge is 0.236 e. The summed E-state index contributed by atoms with van der Waals surface area (Å²) < 4.78 is 24.5. The fourth-order valence-electron chi connectivity index (χ4n) is 0.423. The van der Waals surface area contributed by atoms with Gasteiger partial charge in [0, 0.05) is 11.6 Å². The molecule has 0 N–H and O–H groups in total. The Kier molecular flexibility index (Phi) is 4.19. The number of rotatable bonds is 0. The number of halogens is 3. The minimum absolute atomic E-state index is 0. The maximum absolute atomic E-state index is 12.3. The fraction of sp³-hybridized carbons (Fsp3) is 0. The Balaban J connectivity index is 0.000000810. The van der Waals surface area contributed by atoms with Crippen LogP contribution in [0.5, 0.6) is 0 Å². The molecular weight excluding hydrogens is 197 g/mol. The molecule has 1 rings (SSSR count). The van der Waals surface area contributed by atoms with E-state index in [0.717, 1.165) is 6.07 Å². The predicted octanol–water partition coefficient (Wildman–Crippen LogP) is -0.469. The van der Waals surface area contributed by atoms with Crippen molar-refractivity contribution in [3.8, 4) is 0 Å². The van der Waals surface area contributed by atoms with Crippen molar-refractivity contribution >= 4 is 15.9 Å². The van der Waals surface area contributed by atoms with Gasteiger partial charge in [-0.1, -0.05) is 10.5 Å². The third-order valence-electron chi connectivity index (χ3n) is 0.818. The zero-order valence-corrected chi connectivity index (χ0v) is 6.87. The Morgan fingerprint density at radius 2 is 2.00 bits per heavy atom. The van der Waals surface area contributed by atoms with Crippen LogP contribution in [0.4, 0.5) is 8.78 Å². The van der Waals surface area contributed by atoms with Crippen molar-refractivity contribution in [2.24, 2.45) is 0 Å². The molecule has 0 radical (unpaired) electrons. The summed E-state index contributed by atoms with van der Waals surface area (Å²) >= 11 is 2.86. The summed E-state index contributed by atoms with van der Waals surface area (Å²) in [5.41, 5.74) is 0. The second-order valence-corrected chi connectivity index (χ2v) is 2.33. The first-order chi connectivity index (χ1) is 4.20. The zero-order chi connectivity index (χ0) is 6.85. The Morgan fingerprint density at radius 3 is 2.40 bits per heavy atom. The van der Waals surface area contributed by atoms with Crippen molar-refractivity contribution in [3.63, 3.8) is 0 Å². The number of hydrogen-bond acceptors (Lipinski definition) is 0. The van der Waals surface area contributed by atoms with Crippen molar-refractivity contribution < 1.29 is 27.6 Å². The van der Waals surface area contributed by atoms with Gasteiger partial charge in [0.05, 0.1) is 0 Å². The molecule has 0 spiro atoms. The maximum atomic E-state index is 12.3. The number of hydrogen-bond donors (Lipinski definition) is 0. The summed E-state index contributed by atoms with van der Waals surface area (Å²) in [5.74, 6) is -1.29. The van der Waals surface area contributed by atoms with E-state index < -0.39 is 11.6 Å². The molecule has 0 amide bonds. The van der Waals surface area contributed by atoms with E-state index in [1.165, 1.54) is 6.07 Å². The molecule has 10 heavy (non-hydrogen) atoms. The first-order valence-corrected chi connectivity index (χ1v) is 3.01. The molecule has 0 fully saturated rings. The SMILES string of the molecule is Fc1[c-]cc(Br)c(F)c1.[Li+]. The van der Waals surface area contributed by atoms with Gasteiger partial charge in [0.25, 0.3) is 0 Å². The van der Waals surface area contributed by atoms with Gasteiger partial charge in [-0.05, 0) is 0 Å². The Hall–Kier alpha value is 0.157. The summed E-state index contributed by atoms with van der Waals surface area (Å²) in [6, 6.07) is 4.15. The first-order valence-electron chi connectivity index (χ1n) is 2.22. The fourth-order valence-corrected chi connectivity index (χ4v) is 0.652. The Bertz CT molecular complexity index is 227. The summed E-state index contributed by atoms with van der Waals surface area (Å²) in [6.45, 7) is 0. The van der Waals surface area contributed by atoms with E-state index in [-0.39, 0.29) is 23.3 Å². The Labute approximate surface area is 77.9 Å². The van der Waals surface area contributed by atoms with E-state index in [9.17, 15) is 8.78 Å². The molecule has 0 aliphatic carbocycles. The van der Waals surface area contributed by atoms with Crippen LogP contribution in [0.2, 0.25) is 0 Å². The van der Waals surface area contributed by atoms with Gasteiger partial charge in [-0.25, -0.2) is 8.78 Å². The number of benzene rings is 1. The second-order valence-electron chi connectivity index (χ2n) is 1.48. The van der Waals surface area contributed by atoms with Crippen LogP contribution in [0, 0.1) is 17.7 Å². The van der Waals surface area contributed by atoms with Crippen molar-refractivity contribution in [1.82, 2.24) is 0 Å². The van der Waals surface area contributed by atoms with E-state index in [1.54, 1.807) is 0 Å². The predicted molar refractivity (Wildman–Crippen MR) is 32.9 cm³/mol. The van der Waals surface area contributed by atoms with Crippen LogP contribution < -0.4 is 18.9 Å². The molecule has 0 heterocycles. The van der Waals surface area contributed by atoms with Crippen LogP contribution in [-0.4, -0.2) is 0 Å². The van der Waals surface area contributed by atoms with Crippen molar-refractivity contribution in [1.29, 1.82) is 0 Å². The molecule has 1 aromatic rings. The van der Waals surface area contributed by atoms with E-state index in [4.69, 9.17) is 0 Å². The van der Waals surface area contributed by atoms with Crippen molar-refractivity contribution in [2.45, 2.75) is 0 Å². The minimum atomic E-state index is -0.685. The first kappa shape index (κ1) is 10.2. The zero-order valence-electron chi connectivity index (χ0n) is 5.29. The standard InChI is InChI=1S/C6H2BrF2.Li/c7-5-2-1-4(8)3-6(5)9;/h2-3H;/q-1;+1. The topological polar surface area (TPSA) is 0 Å². The maximum Gasteiger partial charge on any atom is 1.00 e.